The number of rotatable bonds is 7. The third-order valence-electron chi connectivity index (χ3n) is 2.54. The molecule has 0 saturated carbocycles. The molecule has 0 nitrogen and oxygen atoms in total. The zero-order valence-electron chi connectivity index (χ0n) is 10.1. The quantitative estimate of drug-likeness (QED) is 0.476. The summed E-state index contributed by atoms with van der Waals surface area (Å²) in [5.41, 5.74) is 0. The fourth-order valence-electron chi connectivity index (χ4n) is 1.77. The fraction of sp³-hybridized carbons (Fsp3) is 0.286. The molecule has 0 spiro atoms. The van der Waals surface area contributed by atoms with Crippen LogP contribution in [-0.2, 0) is 0 Å². The molecule has 0 radical (unpaired) electrons. The van der Waals surface area contributed by atoms with Crippen molar-refractivity contribution in [1.82, 2.24) is 0 Å². The first-order valence-corrected chi connectivity index (χ1v) is 9.48. The van der Waals surface area contributed by atoms with E-state index < -0.39 is 0 Å². The second-order valence-corrected chi connectivity index (χ2v) is 8.60. The van der Waals surface area contributed by atoms with E-state index in [1.54, 1.807) is 0 Å². The Hall–Kier alpha value is -0.0300. The van der Waals surface area contributed by atoms with Gasteiger partial charge in [0, 0.05) is 16.4 Å². The van der Waals surface area contributed by atoms with Gasteiger partial charge in [-0.05, 0) is 16.9 Å². The molecule has 0 amide bonds. The van der Waals surface area contributed by atoms with Crippen LogP contribution in [0.15, 0.2) is 54.3 Å². The SMILES string of the molecule is C=CCSC1(SCC=C)C=CSC1c1cccs1. The van der Waals surface area contributed by atoms with Crippen molar-refractivity contribution in [3.8, 4) is 0 Å². The first kappa shape index (κ1) is 14.4. The van der Waals surface area contributed by atoms with Crippen LogP contribution in [0.5, 0.6) is 0 Å². The number of thioether (sulfide) groups is 3. The normalized spacial score (nSPS) is 21.0. The molecular weight excluding hydrogens is 296 g/mol. The van der Waals surface area contributed by atoms with Crippen molar-refractivity contribution in [2.24, 2.45) is 0 Å². The highest BCUT2D eigenvalue weighted by Gasteiger charge is 2.42. The fourth-order valence-corrected chi connectivity index (χ4v) is 7.26. The van der Waals surface area contributed by atoms with Gasteiger partial charge >= 0.3 is 0 Å². The van der Waals surface area contributed by atoms with Crippen molar-refractivity contribution >= 4 is 46.6 Å². The lowest BCUT2D eigenvalue weighted by Crippen LogP contribution is -2.22. The second-order valence-electron chi connectivity index (χ2n) is 3.76. The van der Waals surface area contributed by atoms with E-state index in [1.807, 2.05) is 58.8 Å². The van der Waals surface area contributed by atoms with Crippen LogP contribution in [0.4, 0.5) is 0 Å². The van der Waals surface area contributed by atoms with Crippen LogP contribution < -0.4 is 0 Å². The monoisotopic (exact) mass is 312 g/mol. The van der Waals surface area contributed by atoms with E-state index in [0.717, 1.165) is 11.5 Å². The summed E-state index contributed by atoms with van der Waals surface area (Å²) in [5.74, 6) is 1.97. The van der Waals surface area contributed by atoms with Crippen LogP contribution in [0.25, 0.3) is 0 Å². The molecule has 96 valence electrons. The minimum Gasteiger partial charge on any atom is -0.148 e. The van der Waals surface area contributed by atoms with Gasteiger partial charge in [0.25, 0.3) is 0 Å². The summed E-state index contributed by atoms with van der Waals surface area (Å²) in [4.78, 5) is 1.46. The number of hydrogen-bond acceptors (Lipinski definition) is 4. The van der Waals surface area contributed by atoms with Crippen molar-refractivity contribution in [2.45, 2.75) is 9.33 Å². The highest BCUT2D eigenvalue weighted by atomic mass is 32.2. The highest BCUT2D eigenvalue weighted by Crippen LogP contribution is 2.59. The Kier molecular flexibility index (Phi) is 5.55. The molecule has 0 aromatic carbocycles. The first-order valence-electron chi connectivity index (χ1n) is 5.68. The summed E-state index contributed by atoms with van der Waals surface area (Å²) in [6.07, 6.45) is 6.33. The van der Waals surface area contributed by atoms with Gasteiger partial charge in [-0.2, -0.15) is 0 Å². The predicted octanol–water partition coefficient (Wildman–Crippen LogP) is 5.58. The van der Waals surface area contributed by atoms with Crippen LogP contribution in [0.3, 0.4) is 0 Å². The Labute approximate surface area is 126 Å². The Morgan fingerprint density at radius 2 is 2.00 bits per heavy atom. The van der Waals surface area contributed by atoms with Gasteiger partial charge in [0.2, 0.25) is 0 Å². The largest absolute Gasteiger partial charge is 0.148 e. The lowest BCUT2D eigenvalue weighted by molar-refractivity contribution is 0.973. The molecule has 1 aliphatic heterocycles. The minimum absolute atomic E-state index is 0.123. The Morgan fingerprint density at radius 3 is 2.56 bits per heavy atom. The van der Waals surface area contributed by atoms with Gasteiger partial charge in [-0.15, -0.1) is 59.8 Å². The summed E-state index contributed by atoms with van der Waals surface area (Å²) in [7, 11) is 0. The highest BCUT2D eigenvalue weighted by molar-refractivity contribution is 8.20. The van der Waals surface area contributed by atoms with Crippen molar-refractivity contribution < 1.29 is 0 Å². The smallest absolute Gasteiger partial charge is 0.0975 e. The van der Waals surface area contributed by atoms with Crippen LogP contribution in [0.1, 0.15) is 10.1 Å². The molecule has 2 rings (SSSR count). The lowest BCUT2D eigenvalue weighted by Gasteiger charge is -2.32. The van der Waals surface area contributed by atoms with Crippen LogP contribution in [0, 0.1) is 0 Å². The molecule has 2 heterocycles. The van der Waals surface area contributed by atoms with Crippen molar-refractivity contribution in [2.75, 3.05) is 11.5 Å². The molecular formula is C14H16S4. The van der Waals surface area contributed by atoms with E-state index in [9.17, 15) is 0 Å². The van der Waals surface area contributed by atoms with Gasteiger partial charge in [-0.25, -0.2) is 0 Å². The molecule has 4 heteroatoms. The summed E-state index contributed by atoms with van der Waals surface area (Å²) in [5, 5.41) is 4.92. The molecule has 0 saturated heterocycles. The van der Waals surface area contributed by atoms with Gasteiger partial charge in [0.1, 0.15) is 0 Å². The van der Waals surface area contributed by atoms with E-state index in [4.69, 9.17) is 0 Å². The molecule has 18 heavy (non-hydrogen) atoms. The molecule has 1 atom stereocenters. The summed E-state index contributed by atoms with van der Waals surface area (Å²) < 4.78 is 0.123. The molecule has 0 aliphatic carbocycles. The minimum atomic E-state index is 0.123. The van der Waals surface area contributed by atoms with E-state index in [-0.39, 0.29) is 4.08 Å². The molecule has 1 aromatic heterocycles. The van der Waals surface area contributed by atoms with Crippen LogP contribution in [0.2, 0.25) is 0 Å². The molecule has 1 aromatic rings. The molecule has 0 bridgehead atoms. The molecule has 0 fully saturated rings. The van der Waals surface area contributed by atoms with E-state index in [1.165, 1.54) is 4.88 Å². The third kappa shape index (κ3) is 3.10. The van der Waals surface area contributed by atoms with E-state index in [0.29, 0.717) is 5.25 Å². The van der Waals surface area contributed by atoms with Crippen molar-refractivity contribution in [3.63, 3.8) is 0 Å². The third-order valence-corrected chi connectivity index (χ3v) is 8.27. The number of hydrogen-bond donors (Lipinski definition) is 0. The maximum Gasteiger partial charge on any atom is 0.0975 e. The Balaban J connectivity index is 2.21. The zero-order valence-corrected chi connectivity index (χ0v) is 13.3. The van der Waals surface area contributed by atoms with Crippen molar-refractivity contribution in [3.05, 3.63) is 59.2 Å². The predicted molar refractivity (Wildman–Crippen MR) is 91.8 cm³/mol. The lowest BCUT2D eigenvalue weighted by atomic mass is 10.2. The van der Waals surface area contributed by atoms with Crippen molar-refractivity contribution in [1.29, 1.82) is 0 Å². The standard InChI is InChI=1S/C14H16S4/c1-3-8-17-14(18-9-4-2)7-11-16-13(14)12-6-5-10-15-12/h3-7,10-11,13H,1-2,8-9H2. The second kappa shape index (κ2) is 6.94. The molecule has 0 N–H and O–H groups in total. The maximum atomic E-state index is 3.84. The number of thiophene rings is 1. The average Bonchev–Trinajstić information content (AvgIpc) is 3.03. The van der Waals surface area contributed by atoms with Gasteiger partial charge in [0.15, 0.2) is 0 Å². The van der Waals surface area contributed by atoms with E-state index in [2.05, 4.69) is 42.2 Å². The maximum absolute atomic E-state index is 3.84. The first-order chi connectivity index (χ1) is 8.82. The Morgan fingerprint density at radius 1 is 1.28 bits per heavy atom. The van der Waals surface area contributed by atoms with Gasteiger partial charge in [-0.1, -0.05) is 24.3 Å². The summed E-state index contributed by atoms with van der Waals surface area (Å²) in [6.45, 7) is 7.68. The summed E-state index contributed by atoms with van der Waals surface area (Å²) >= 11 is 7.73. The zero-order chi connectivity index (χ0) is 12.8. The summed E-state index contributed by atoms with van der Waals surface area (Å²) in [6, 6.07) is 4.38. The molecule has 1 unspecified atom stereocenters. The van der Waals surface area contributed by atoms with Crippen LogP contribution in [-0.4, -0.2) is 15.6 Å². The average molecular weight is 313 g/mol. The van der Waals surface area contributed by atoms with E-state index >= 15 is 0 Å². The van der Waals surface area contributed by atoms with Gasteiger partial charge in [-0.3, -0.25) is 0 Å². The topological polar surface area (TPSA) is 0 Å². The molecule has 1 aliphatic rings. The Bertz CT molecular complexity index is 407. The van der Waals surface area contributed by atoms with Gasteiger partial charge in [0.05, 0.1) is 9.33 Å². The van der Waals surface area contributed by atoms with Gasteiger partial charge < -0.3 is 0 Å². The van der Waals surface area contributed by atoms with Crippen LogP contribution >= 0.6 is 46.6 Å².